The van der Waals surface area contributed by atoms with Crippen molar-refractivity contribution in [2.75, 3.05) is 0 Å². The van der Waals surface area contributed by atoms with Gasteiger partial charge in [-0.3, -0.25) is 19.6 Å². The van der Waals surface area contributed by atoms with Gasteiger partial charge in [0.15, 0.2) is 0 Å². The third kappa shape index (κ3) is 12.1. The van der Waals surface area contributed by atoms with E-state index in [-0.39, 0.29) is 0 Å². The maximum absolute atomic E-state index is 4.27. The van der Waals surface area contributed by atoms with E-state index in [2.05, 4.69) is 85.0 Å². The average molecular weight is 718 g/mol. The van der Waals surface area contributed by atoms with Crippen molar-refractivity contribution in [3.05, 3.63) is 120 Å². The van der Waals surface area contributed by atoms with Crippen LogP contribution in [-0.2, 0) is 21.1 Å². The first kappa shape index (κ1) is 45.6. The molecule has 0 radical (unpaired) electrons. The summed E-state index contributed by atoms with van der Waals surface area (Å²) in [5.74, 6) is 0. The Bertz CT molecular complexity index is 2000. The van der Waals surface area contributed by atoms with Crippen molar-refractivity contribution in [2.24, 2.45) is 21.1 Å². The monoisotopic (exact) mass is 718 g/mol. The number of hydrogen-bond donors (Lipinski definition) is 0. The van der Waals surface area contributed by atoms with Crippen molar-refractivity contribution in [3.63, 3.8) is 0 Å². The molecule has 8 aromatic rings. The quantitative estimate of drug-likeness (QED) is 0.155. The number of nitrogens with zero attached hydrogens (tertiary/aromatic N) is 9. The minimum absolute atomic E-state index is 1.01. The highest BCUT2D eigenvalue weighted by atomic mass is 15.3. The van der Waals surface area contributed by atoms with E-state index in [0.717, 1.165) is 44.7 Å². The van der Waals surface area contributed by atoms with E-state index in [9.17, 15) is 0 Å². The number of pyridine rings is 3. The SMILES string of the molecule is CC.CC.CC.CC.Cc1cccc2ccnc(C)c12.Cc1nccc2ccn(C)c12.Cc1nccc2cnn(C)c12.Cc1ncnc2ccn(C)c12. The maximum Gasteiger partial charge on any atom is 0.116 e. The van der Waals surface area contributed by atoms with Crippen LogP contribution < -0.4 is 0 Å². The summed E-state index contributed by atoms with van der Waals surface area (Å²) >= 11 is 0. The lowest BCUT2D eigenvalue weighted by Crippen LogP contribution is -1.92. The largest absolute Gasteiger partial charge is 0.349 e. The molecule has 0 saturated heterocycles. The number of aryl methyl sites for hydroxylation is 8. The fraction of sp³-hybridized carbons (Fsp3) is 0.364. The molecule has 0 saturated carbocycles. The molecule has 9 nitrogen and oxygen atoms in total. The second-order valence-electron chi connectivity index (χ2n) is 11.1. The van der Waals surface area contributed by atoms with Gasteiger partial charge in [0.25, 0.3) is 0 Å². The summed E-state index contributed by atoms with van der Waals surface area (Å²) in [6, 6.07) is 16.5. The predicted octanol–water partition coefficient (Wildman–Crippen LogP) is 11.4. The van der Waals surface area contributed by atoms with Gasteiger partial charge in [0.1, 0.15) is 6.33 Å². The Labute approximate surface area is 318 Å². The molecular formula is C44H63N9. The molecular weight excluding hydrogens is 655 g/mol. The molecule has 0 aliphatic carbocycles. The van der Waals surface area contributed by atoms with Crippen molar-refractivity contribution < 1.29 is 0 Å². The summed E-state index contributed by atoms with van der Waals surface area (Å²) in [4.78, 5) is 20.9. The van der Waals surface area contributed by atoms with E-state index in [0.29, 0.717) is 0 Å². The number of hydrogen-bond acceptors (Lipinski definition) is 6. The molecule has 0 spiro atoms. The van der Waals surface area contributed by atoms with Gasteiger partial charge in [0.05, 0.1) is 45.3 Å². The molecule has 0 atom stereocenters. The average Bonchev–Trinajstić information content (AvgIpc) is 3.90. The van der Waals surface area contributed by atoms with Gasteiger partial charge in [0.2, 0.25) is 0 Å². The third-order valence-electron chi connectivity index (χ3n) is 7.83. The van der Waals surface area contributed by atoms with Gasteiger partial charge in [-0.25, -0.2) is 9.97 Å². The molecule has 0 aliphatic rings. The molecule has 8 rings (SSSR count). The molecule has 7 aromatic heterocycles. The first-order valence-corrected chi connectivity index (χ1v) is 18.8. The van der Waals surface area contributed by atoms with Gasteiger partial charge in [-0.15, -0.1) is 0 Å². The van der Waals surface area contributed by atoms with Gasteiger partial charge in [-0.05, 0) is 75.9 Å². The van der Waals surface area contributed by atoms with Crippen molar-refractivity contribution in [2.45, 2.75) is 90.0 Å². The summed E-state index contributed by atoms with van der Waals surface area (Å²) in [5.41, 5.74) is 10.1. The number of rotatable bonds is 0. The molecule has 0 fully saturated rings. The number of aromatic nitrogens is 9. The molecule has 0 unspecified atom stereocenters. The van der Waals surface area contributed by atoms with Gasteiger partial charge < -0.3 is 9.13 Å². The van der Waals surface area contributed by atoms with Gasteiger partial charge >= 0.3 is 0 Å². The Hall–Kier alpha value is -5.44. The Kier molecular flexibility index (Phi) is 20.6. The first-order chi connectivity index (χ1) is 25.7. The van der Waals surface area contributed by atoms with Crippen LogP contribution in [0.3, 0.4) is 0 Å². The Morgan fingerprint density at radius 1 is 0.453 bits per heavy atom. The summed E-state index contributed by atoms with van der Waals surface area (Å²) in [6.45, 7) is 26.2. The first-order valence-electron chi connectivity index (χ1n) is 18.8. The summed E-state index contributed by atoms with van der Waals surface area (Å²) in [7, 11) is 5.96. The molecule has 9 heteroatoms. The lowest BCUT2D eigenvalue weighted by atomic mass is 10.1. The Balaban J connectivity index is 0.000000332. The fourth-order valence-corrected chi connectivity index (χ4v) is 5.67. The third-order valence-corrected chi connectivity index (χ3v) is 7.83. The normalized spacial score (nSPS) is 9.51. The van der Waals surface area contributed by atoms with Gasteiger partial charge in [-0.2, -0.15) is 5.10 Å². The topological polar surface area (TPSA) is 92.1 Å². The minimum atomic E-state index is 1.01. The maximum atomic E-state index is 4.27. The van der Waals surface area contributed by atoms with Crippen LogP contribution in [0.1, 0.15) is 83.7 Å². The lowest BCUT2D eigenvalue weighted by molar-refractivity contribution is 0.792. The van der Waals surface area contributed by atoms with E-state index >= 15 is 0 Å². The van der Waals surface area contributed by atoms with Gasteiger partial charge in [-0.1, -0.05) is 73.6 Å². The van der Waals surface area contributed by atoms with Crippen molar-refractivity contribution in [1.29, 1.82) is 0 Å². The van der Waals surface area contributed by atoms with Crippen LogP contribution in [0.2, 0.25) is 0 Å². The zero-order valence-electron chi connectivity index (χ0n) is 35.2. The molecule has 284 valence electrons. The second kappa shape index (κ2) is 23.9. The summed E-state index contributed by atoms with van der Waals surface area (Å²) in [6.07, 6.45) is 13.0. The van der Waals surface area contributed by atoms with Crippen molar-refractivity contribution >= 4 is 43.6 Å². The molecule has 0 aliphatic heterocycles. The number of fused-ring (bicyclic) bond motifs is 4. The highest BCUT2D eigenvalue weighted by Crippen LogP contribution is 2.20. The highest BCUT2D eigenvalue weighted by Gasteiger charge is 2.03. The van der Waals surface area contributed by atoms with E-state index in [1.165, 1.54) is 27.2 Å². The Morgan fingerprint density at radius 3 is 1.53 bits per heavy atom. The van der Waals surface area contributed by atoms with Crippen LogP contribution in [0.4, 0.5) is 0 Å². The molecule has 1 aromatic carbocycles. The zero-order valence-corrected chi connectivity index (χ0v) is 35.2. The molecule has 53 heavy (non-hydrogen) atoms. The van der Waals surface area contributed by atoms with E-state index in [1.54, 1.807) is 12.5 Å². The van der Waals surface area contributed by atoms with Crippen LogP contribution in [-0.4, -0.2) is 43.8 Å². The molecule has 0 amide bonds. The standard InChI is InChI=1S/C11H11N.C9H10N2.2C8H9N3.4C2H6/c1-8-4-3-5-10-6-7-12-9(2)11(8)10;1-7-9-8(3-5-10-7)4-6-11(9)2;1-6-8-7(10-5-9-6)3-4-11(8)2;1-6-8-7(3-4-9-6)5-10-11(8)2;4*1-2/h3-7H,1-2H3;3-6H,1-2H3;2*3-5H,1-2H3;4*1-2H3. The smallest absolute Gasteiger partial charge is 0.116 e. The predicted molar refractivity (Wildman–Crippen MR) is 229 cm³/mol. The minimum Gasteiger partial charge on any atom is -0.349 e. The Morgan fingerprint density at radius 2 is 0.962 bits per heavy atom. The highest BCUT2D eigenvalue weighted by molar-refractivity contribution is 5.87. The summed E-state index contributed by atoms with van der Waals surface area (Å²) < 4.78 is 5.97. The van der Waals surface area contributed by atoms with Crippen LogP contribution >= 0.6 is 0 Å². The van der Waals surface area contributed by atoms with Crippen LogP contribution in [0, 0.1) is 34.6 Å². The van der Waals surface area contributed by atoms with E-state index in [1.807, 2.05) is 150 Å². The fourth-order valence-electron chi connectivity index (χ4n) is 5.67. The van der Waals surface area contributed by atoms with Crippen LogP contribution in [0.5, 0.6) is 0 Å². The van der Waals surface area contributed by atoms with E-state index in [4.69, 9.17) is 0 Å². The second-order valence-corrected chi connectivity index (χ2v) is 11.1. The van der Waals surface area contributed by atoms with Crippen molar-refractivity contribution in [3.8, 4) is 0 Å². The van der Waals surface area contributed by atoms with Gasteiger partial charge in [0, 0.05) is 74.0 Å². The van der Waals surface area contributed by atoms with Crippen molar-refractivity contribution in [1.82, 2.24) is 43.8 Å². The number of benzene rings is 1. The van der Waals surface area contributed by atoms with Crippen LogP contribution in [0.25, 0.3) is 43.6 Å². The molecule has 7 heterocycles. The van der Waals surface area contributed by atoms with E-state index < -0.39 is 0 Å². The molecule has 0 bridgehead atoms. The zero-order chi connectivity index (χ0) is 40.1. The lowest BCUT2D eigenvalue weighted by Gasteiger charge is -2.03. The molecule has 0 N–H and O–H groups in total. The van der Waals surface area contributed by atoms with Crippen LogP contribution in [0.15, 0.2) is 92.0 Å². The summed E-state index contributed by atoms with van der Waals surface area (Å²) in [5, 5.41) is 9.12.